The molecule has 2 N–H and O–H groups in total. The smallest absolute Gasteiger partial charge is 0.414 e. The van der Waals surface area contributed by atoms with E-state index >= 15 is 0 Å². The van der Waals surface area contributed by atoms with Gasteiger partial charge in [0.15, 0.2) is 5.82 Å². The van der Waals surface area contributed by atoms with Crippen LogP contribution in [0.25, 0.3) is 5.57 Å². The summed E-state index contributed by atoms with van der Waals surface area (Å²) in [6, 6.07) is 0. The Morgan fingerprint density at radius 1 is 1.45 bits per heavy atom. The van der Waals surface area contributed by atoms with E-state index in [0.717, 1.165) is 11.5 Å². The van der Waals surface area contributed by atoms with E-state index in [1.165, 1.54) is 6.08 Å². The summed E-state index contributed by atoms with van der Waals surface area (Å²) in [4.78, 5) is 26.6. The second-order valence-corrected chi connectivity index (χ2v) is 5.63. The van der Waals surface area contributed by atoms with Gasteiger partial charge in [0.25, 0.3) is 0 Å². The molecule has 0 spiro atoms. The minimum Gasteiger partial charge on any atom is -0.478 e. The Bertz CT molecular complexity index is 531. The highest BCUT2D eigenvalue weighted by Gasteiger charge is 2.19. The van der Waals surface area contributed by atoms with Crippen LogP contribution in [0.3, 0.4) is 0 Å². The van der Waals surface area contributed by atoms with Gasteiger partial charge in [0.05, 0.1) is 0 Å². The number of rotatable bonds is 4. The van der Waals surface area contributed by atoms with Gasteiger partial charge in [-0.15, -0.1) is 0 Å². The average Bonchev–Trinajstić information content (AvgIpc) is 2.70. The first kappa shape index (κ1) is 16.1. The molecule has 0 saturated carbocycles. The predicted molar refractivity (Wildman–Crippen MR) is 75.7 cm³/mol. The van der Waals surface area contributed by atoms with Crippen molar-refractivity contribution in [2.24, 2.45) is 0 Å². The van der Waals surface area contributed by atoms with Gasteiger partial charge in [-0.3, -0.25) is 5.32 Å². The molecule has 7 nitrogen and oxygen atoms in total. The molecule has 20 heavy (non-hydrogen) atoms. The number of ether oxygens (including phenoxy) is 1. The number of aromatic nitrogens is 2. The first-order valence-electron chi connectivity index (χ1n) is 6.00. The minimum atomic E-state index is -1.10. The molecule has 0 aromatic carbocycles. The highest BCUT2D eigenvalue weighted by Crippen LogP contribution is 2.19. The molecule has 0 atom stereocenters. The van der Waals surface area contributed by atoms with Crippen LogP contribution in [0.1, 0.15) is 39.9 Å². The molecular weight excluding hydrogens is 282 g/mol. The zero-order valence-electron chi connectivity index (χ0n) is 11.8. The van der Waals surface area contributed by atoms with Crippen LogP contribution in [0.15, 0.2) is 6.08 Å². The van der Waals surface area contributed by atoms with E-state index in [1.54, 1.807) is 20.8 Å². The number of carboxylic acids is 1. The van der Waals surface area contributed by atoms with Gasteiger partial charge in [0.1, 0.15) is 11.2 Å². The third-order valence-corrected chi connectivity index (χ3v) is 2.54. The van der Waals surface area contributed by atoms with Crippen molar-refractivity contribution in [3.8, 4) is 0 Å². The van der Waals surface area contributed by atoms with Gasteiger partial charge in [-0.1, -0.05) is 13.0 Å². The summed E-state index contributed by atoms with van der Waals surface area (Å²) >= 11 is 0.898. The maximum Gasteiger partial charge on any atom is 0.414 e. The number of nitrogens with zero attached hydrogens (tertiary/aromatic N) is 2. The number of carbonyl (C=O) groups is 2. The summed E-state index contributed by atoms with van der Waals surface area (Å²) < 4.78 is 8.98. The Hall–Kier alpha value is -1.96. The lowest BCUT2D eigenvalue weighted by molar-refractivity contribution is -0.130. The molecule has 0 aliphatic rings. The highest BCUT2D eigenvalue weighted by molar-refractivity contribution is 7.10. The van der Waals surface area contributed by atoms with Gasteiger partial charge in [0, 0.05) is 11.5 Å². The number of aliphatic carboxylic acids is 1. The molecule has 0 fully saturated rings. The van der Waals surface area contributed by atoms with Crippen molar-refractivity contribution < 1.29 is 19.4 Å². The van der Waals surface area contributed by atoms with Crippen molar-refractivity contribution in [1.29, 1.82) is 0 Å². The fourth-order valence-electron chi connectivity index (χ4n) is 1.25. The second-order valence-electron chi connectivity index (χ2n) is 4.88. The van der Waals surface area contributed by atoms with Crippen LogP contribution in [0.2, 0.25) is 0 Å². The maximum absolute atomic E-state index is 11.5. The van der Waals surface area contributed by atoms with E-state index in [2.05, 4.69) is 14.7 Å². The highest BCUT2D eigenvalue weighted by atomic mass is 32.1. The summed E-state index contributed by atoms with van der Waals surface area (Å²) in [7, 11) is 0. The summed E-state index contributed by atoms with van der Waals surface area (Å²) in [6.45, 7) is 7.04. The van der Waals surface area contributed by atoms with Crippen LogP contribution in [-0.4, -0.2) is 32.1 Å². The van der Waals surface area contributed by atoms with E-state index in [0.29, 0.717) is 6.42 Å². The van der Waals surface area contributed by atoms with E-state index in [1.807, 2.05) is 6.92 Å². The number of carboxylic acid groups (broad SMARTS) is 1. The number of amides is 1. The number of allylic oxidation sites excluding steroid dienone is 1. The second kappa shape index (κ2) is 6.47. The molecule has 0 radical (unpaired) electrons. The average molecular weight is 299 g/mol. The van der Waals surface area contributed by atoms with E-state index < -0.39 is 17.7 Å². The SMILES string of the molecule is CC/C=C(/C(=O)O)c1nsc(NC(=O)OC(C)(C)C)n1. The van der Waals surface area contributed by atoms with Crippen molar-refractivity contribution in [2.75, 3.05) is 5.32 Å². The van der Waals surface area contributed by atoms with Crippen LogP contribution >= 0.6 is 11.5 Å². The predicted octanol–water partition coefficient (Wildman–Crippen LogP) is 2.76. The molecule has 0 unspecified atom stereocenters. The van der Waals surface area contributed by atoms with Crippen LogP contribution in [0.5, 0.6) is 0 Å². The molecule has 1 rings (SSSR count). The summed E-state index contributed by atoms with van der Waals surface area (Å²) in [5.41, 5.74) is -0.604. The molecule has 1 amide bonds. The van der Waals surface area contributed by atoms with E-state index in [-0.39, 0.29) is 16.5 Å². The van der Waals surface area contributed by atoms with Crippen molar-refractivity contribution in [2.45, 2.75) is 39.7 Å². The molecule has 1 aromatic heterocycles. The van der Waals surface area contributed by atoms with Crippen LogP contribution in [0.4, 0.5) is 9.93 Å². The van der Waals surface area contributed by atoms with Crippen LogP contribution in [0, 0.1) is 0 Å². The number of hydrogen-bond donors (Lipinski definition) is 2. The lowest BCUT2D eigenvalue weighted by Crippen LogP contribution is -2.27. The Morgan fingerprint density at radius 3 is 2.60 bits per heavy atom. The largest absolute Gasteiger partial charge is 0.478 e. The van der Waals surface area contributed by atoms with Gasteiger partial charge < -0.3 is 9.84 Å². The molecule has 0 aliphatic carbocycles. The van der Waals surface area contributed by atoms with Crippen molar-refractivity contribution in [1.82, 2.24) is 9.36 Å². The Labute approximate surface area is 120 Å². The summed E-state index contributed by atoms with van der Waals surface area (Å²) in [5.74, 6) is -1.02. The van der Waals surface area contributed by atoms with E-state index in [9.17, 15) is 9.59 Å². The van der Waals surface area contributed by atoms with Crippen molar-refractivity contribution in [3.05, 3.63) is 11.9 Å². The summed E-state index contributed by atoms with van der Waals surface area (Å²) in [6.07, 6.45) is 1.41. The molecule has 0 aliphatic heterocycles. The lowest BCUT2D eigenvalue weighted by Gasteiger charge is -2.18. The molecule has 8 heteroatoms. The van der Waals surface area contributed by atoms with Gasteiger partial charge >= 0.3 is 12.1 Å². The van der Waals surface area contributed by atoms with Gasteiger partial charge in [-0.25, -0.2) is 9.59 Å². The number of carbonyl (C=O) groups excluding carboxylic acids is 1. The fraction of sp³-hybridized carbons (Fsp3) is 0.500. The Kier molecular flexibility index (Phi) is 5.20. The first-order valence-corrected chi connectivity index (χ1v) is 6.78. The standard InChI is InChI=1S/C12H17N3O4S/c1-5-6-7(9(16)17)8-13-10(20-15-8)14-11(18)19-12(2,3)4/h6H,5H2,1-4H3,(H,16,17)(H,13,14,15,18)/b7-6+. The maximum atomic E-state index is 11.5. The molecule has 0 saturated heterocycles. The van der Waals surface area contributed by atoms with Crippen LogP contribution in [-0.2, 0) is 9.53 Å². The lowest BCUT2D eigenvalue weighted by atomic mass is 10.2. The van der Waals surface area contributed by atoms with Crippen LogP contribution < -0.4 is 5.32 Å². The molecule has 110 valence electrons. The van der Waals surface area contributed by atoms with Gasteiger partial charge in [0.2, 0.25) is 5.13 Å². The first-order chi connectivity index (χ1) is 9.23. The summed E-state index contributed by atoms with van der Waals surface area (Å²) in [5, 5.41) is 11.7. The normalized spacial score (nSPS) is 12.1. The zero-order valence-corrected chi connectivity index (χ0v) is 12.6. The number of hydrogen-bond acceptors (Lipinski definition) is 6. The number of nitrogens with one attached hydrogen (secondary N) is 1. The molecule has 0 bridgehead atoms. The molecule has 1 aromatic rings. The molecule has 1 heterocycles. The van der Waals surface area contributed by atoms with Gasteiger partial charge in [-0.2, -0.15) is 9.36 Å². The third kappa shape index (κ3) is 4.96. The zero-order chi connectivity index (χ0) is 15.3. The quantitative estimate of drug-likeness (QED) is 0.829. The van der Waals surface area contributed by atoms with E-state index in [4.69, 9.17) is 9.84 Å². The monoisotopic (exact) mass is 299 g/mol. The Balaban J connectivity index is 2.80. The number of anilines is 1. The minimum absolute atomic E-state index is 0.0148. The fourth-order valence-corrected chi connectivity index (χ4v) is 1.82. The third-order valence-electron chi connectivity index (χ3n) is 1.91. The van der Waals surface area contributed by atoms with Crippen molar-refractivity contribution in [3.63, 3.8) is 0 Å². The van der Waals surface area contributed by atoms with Crippen molar-refractivity contribution >= 4 is 34.3 Å². The Morgan fingerprint density at radius 2 is 2.10 bits per heavy atom. The topological polar surface area (TPSA) is 101 Å². The van der Waals surface area contributed by atoms with Gasteiger partial charge in [-0.05, 0) is 27.2 Å². The molecular formula is C12H17N3O4S.